The van der Waals surface area contributed by atoms with Gasteiger partial charge in [-0.2, -0.15) is 0 Å². The zero-order chi connectivity index (χ0) is 16.0. The van der Waals surface area contributed by atoms with Gasteiger partial charge in [-0.1, -0.05) is 27.7 Å². The second kappa shape index (κ2) is 8.14. The number of rotatable bonds is 10. The van der Waals surface area contributed by atoms with Gasteiger partial charge in [0, 0.05) is 19.1 Å². The molecule has 1 aliphatic carbocycles. The van der Waals surface area contributed by atoms with Gasteiger partial charge in [-0.3, -0.25) is 4.90 Å². The maximum absolute atomic E-state index is 12.4. The SMILES string of the molecule is CCOC(=O)C(N)(CN(CC(C)C)C(CC)CC)C1CC1. The van der Waals surface area contributed by atoms with Crippen molar-refractivity contribution in [3.05, 3.63) is 0 Å². The standard InChI is InChI=1S/C17H34N2O2/c1-6-15(7-2)19(11-13(4)5)12-17(18,14-9-10-14)16(20)21-8-3/h13-15H,6-12,18H2,1-5H3. The molecule has 1 aliphatic rings. The highest BCUT2D eigenvalue weighted by atomic mass is 16.5. The molecular weight excluding hydrogens is 264 g/mol. The molecule has 0 saturated heterocycles. The van der Waals surface area contributed by atoms with Crippen molar-refractivity contribution in [1.29, 1.82) is 0 Å². The number of hydrogen-bond donors (Lipinski definition) is 1. The Hall–Kier alpha value is -0.610. The fourth-order valence-electron chi connectivity index (χ4n) is 3.18. The lowest BCUT2D eigenvalue weighted by molar-refractivity contribution is -0.151. The second-order valence-corrected chi connectivity index (χ2v) is 6.83. The highest BCUT2D eigenvalue weighted by Crippen LogP contribution is 2.40. The second-order valence-electron chi connectivity index (χ2n) is 6.83. The molecule has 0 aliphatic heterocycles. The van der Waals surface area contributed by atoms with E-state index in [4.69, 9.17) is 10.5 Å². The zero-order valence-electron chi connectivity index (χ0n) is 14.5. The fraction of sp³-hybridized carbons (Fsp3) is 0.941. The van der Waals surface area contributed by atoms with E-state index >= 15 is 0 Å². The minimum Gasteiger partial charge on any atom is -0.465 e. The molecule has 0 amide bonds. The Balaban J connectivity index is 2.87. The number of nitrogens with zero attached hydrogens (tertiary/aromatic N) is 1. The Bertz CT molecular complexity index is 325. The van der Waals surface area contributed by atoms with Gasteiger partial charge in [0.2, 0.25) is 0 Å². The highest BCUT2D eigenvalue weighted by molar-refractivity contribution is 5.82. The van der Waals surface area contributed by atoms with E-state index in [0.717, 1.165) is 32.2 Å². The normalized spacial score (nSPS) is 18.3. The summed E-state index contributed by atoms with van der Waals surface area (Å²) in [4.78, 5) is 14.8. The Kier molecular flexibility index (Phi) is 7.14. The molecule has 0 radical (unpaired) electrons. The van der Waals surface area contributed by atoms with Crippen LogP contribution in [0.25, 0.3) is 0 Å². The molecular formula is C17H34N2O2. The lowest BCUT2D eigenvalue weighted by atomic mass is 9.92. The van der Waals surface area contributed by atoms with Crippen LogP contribution in [0.3, 0.4) is 0 Å². The minimum absolute atomic E-state index is 0.216. The first kappa shape index (κ1) is 18.4. The molecule has 1 unspecified atom stereocenters. The average Bonchev–Trinajstić information content (AvgIpc) is 3.24. The summed E-state index contributed by atoms with van der Waals surface area (Å²) in [5, 5.41) is 0. The molecule has 0 heterocycles. The summed E-state index contributed by atoms with van der Waals surface area (Å²) in [7, 11) is 0. The number of carbonyl (C=O) groups is 1. The number of esters is 1. The number of hydrogen-bond acceptors (Lipinski definition) is 4. The van der Waals surface area contributed by atoms with Gasteiger partial charge in [-0.05, 0) is 44.4 Å². The van der Waals surface area contributed by atoms with Crippen LogP contribution < -0.4 is 5.73 Å². The summed E-state index contributed by atoms with van der Waals surface area (Å²) in [6.07, 6.45) is 4.28. The highest BCUT2D eigenvalue weighted by Gasteiger charge is 2.50. The summed E-state index contributed by atoms with van der Waals surface area (Å²) in [6.45, 7) is 12.7. The van der Waals surface area contributed by atoms with Crippen molar-refractivity contribution < 1.29 is 9.53 Å². The van der Waals surface area contributed by atoms with Crippen LogP contribution in [-0.2, 0) is 9.53 Å². The van der Waals surface area contributed by atoms with Crippen LogP contribution in [0.15, 0.2) is 0 Å². The first-order valence-electron chi connectivity index (χ1n) is 8.59. The van der Waals surface area contributed by atoms with E-state index in [1.807, 2.05) is 6.92 Å². The summed E-state index contributed by atoms with van der Waals surface area (Å²) in [5.74, 6) is 0.643. The van der Waals surface area contributed by atoms with Crippen LogP contribution in [0.5, 0.6) is 0 Å². The third kappa shape index (κ3) is 4.96. The molecule has 1 rings (SSSR count). The van der Waals surface area contributed by atoms with E-state index in [-0.39, 0.29) is 5.97 Å². The van der Waals surface area contributed by atoms with Gasteiger partial charge in [0.25, 0.3) is 0 Å². The predicted octanol–water partition coefficient (Wildman–Crippen LogP) is 2.80. The van der Waals surface area contributed by atoms with Crippen molar-refractivity contribution in [1.82, 2.24) is 4.90 Å². The number of ether oxygens (including phenoxy) is 1. The average molecular weight is 298 g/mol. The van der Waals surface area contributed by atoms with Crippen molar-refractivity contribution in [2.24, 2.45) is 17.6 Å². The third-order valence-corrected chi connectivity index (χ3v) is 4.48. The molecule has 2 N–H and O–H groups in total. The molecule has 0 spiro atoms. The van der Waals surface area contributed by atoms with Gasteiger partial charge in [-0.25, -0.2) is 4.79 Å². The van der Waals surface area contributed by atoms with Gasteiger partial charge < -0.3 is 10.5 Å². The van der Waals surface area contributed by atoms with Crippen molar-refractivity contribution in [2.45, 2.75) is 71.9 Å². The number of nitrogens with two attached hydrogens (primary N) is 1. The molecule has 1 atom stereocenters. The Labute approximate surface area is 130 Å². The van der Waals surface area contributed by atoms with E-state index in [1.165, 1.54) is 0 Å². The summed E-state index contributed by atoms with van der Waals surface area (Å²) in [6, 6.07) is 0.489. The molecule has 124 valence electrons. The van der Waals surface area contributed by atoms with E-state index in [1.54, 1.807) is 0 Å². The first-order chi connectivity index (χ1) is 9.88. The first-order valence-corrected chi connectivity index (χ1v) is 8.59. The maximum atomic E-state index is 12.4. The van der Waals surface area contributed by atoms with Gasteiger partial charge >= 0.3 is 5.97 Å². The van der Waals surface area contributed by atoms with Gasteiger partial charge in [-0.15, -0.1) is 0 Å². The number of carbonyl (C=O) groups excluding carboxylic acids is 1. The van der Waals surface area contributed by atoms with Crippen LogP contribution in [0.2, 0.25) is 0 Å². The van der Waals surface area contributed by atoms with Crippen LogP contribution in [0, 0.1) is 11.8 Å². The molecule has 1 fully saturated rings. The van der Waals surface area contributed by atoms with Crippen LogP contribution >= 0.6 is 0 Å². The van der Waals surface area contributed by atoms with Gasteiger partial charge in [0.05, 0.1) is 6.61 Å². The van der Waals surface area contributed by atoms with Crippen molar-refractivity contribution >= 4 is 5.97 Å². The molecule has 21 heavy (non-hydrogen) atoms. The molecule has 4 nitrogen and oxygen atoms in total. The van der Waals surface area contributed by atoms with Gasteiger partial charge in [0.1, 0.15) is 5.54 Å². The van der Waals surface area contributed by atoms with Crippen LogP contribution in [0.4, 0.5) is 0 Å². The fourth-order valence-corrected chi connectivity index (χ4v) is 3.18. The third-order valence-electron chi connectivity index (χ3n) is 4.48. The van der Waals surface area contributed by atoms with Crippen LogP contribution in [-0.4, -0.2) is 42.1 Å². The molecule has 0 bridgehead atoms. The molecule has 1 saturated carbocycles. The summed E-state index contributed by atoms with van der Waals surface area (Å²) in [5.41, 5.74) is 5.71. The summed E-state index contributed by atoms with van der Waals surface area (Å²) < 4.78 is 5.27. The zero-order valence-corrected chi connectivity index (χ0v) is 14.5. The quantitative estimate of drug-likeness (QED) is 0.630. The molecule has 4 heteroatoms. The predicted molar refractivity (Wildman–Crippen MR) is 87.1 cm³/mol. The Morgan fingerprint density at radius 1 is 1.29 bits per heavy atom. The van der Waals surface area contributed by atoms with Crippen molar-refractivity contribution in [3.63, 3.8) is 0 Å². The van der Waals surface area contributed by atoms with Crippen molar-refractivity contribution in [2.75, 3.05) is 19.7 Å². The molecule has 0 aromatic carbocycles. The summed E-state index contributed by atoms with van der Waals surface area (Å²) >= 11 is 0. The van der Waals surface area contributed by atoms with Gasteiger partial charge in [0.15, 0.2) is 0 Å². The maximum Gasteiger partial charge on any atom is 0.327 e. The Morgan fingerprint density at radius 3 is 2.24 bits per heavy atom. The van der Waals surface area contributed by atoms with E-state index in [0.29, 0.717) is 31.0 Å². The lowest BCUT2D eigenvalue weighted by Crippen LogP contribution is -2.60. The molecule has 0 aromatic rings. The van der Waals surface area contributed by atoms with E-state index in [2.05, 4.69) is 32.6 Å². The van der Waals surface area contributed by atoms with E-state index in [9.17, 15) is 4.79 Å². The monoisotopic (exact) mass is 298 g/mol. The topological polar surface area (TPSA) is 55.6 Å². The molecule has 0 aromatic heterocycles. The Morgan fingerprint density at radius 2 is 1.86 bits per heavy atom. The van der Waals surface area contributed by atoms with Crippen LogP contribution in [0.1, 0.15) is 60.3 Å². The largest absolute Gasteiger partial charge is 0.465 e. The lowest BCUT2D eigenvalue weighted by Gasteiger charge is -2.38. The van der Waals surface area contributed by atoms with E-state index < -0.39 is 5.54 Å². The smallest absolute Gasteiger partial charge is 0.327 e. The van der Waals surface area contributed by atoms with Crippen molar-refractivity contribution in [3.8, 4) is 0 Å². The minimum atomic E-state index is -0.826.